The van der Waals surface area contributed by atoms with Crippen LogP contribution in [0.3, 0.4) is 0 Å². The summed E-state index contributed by atoms with van der Waals surface area (Å²) in [6, 6.07) is 7.99. The van der Waals surface area contributed by atoms with Crippen LogP contribution in [0, 0.1) is 0 Å². The second kappa shape index (κ2) is 6.02. The number of nitrogens with zero attached hydrogens (tertiary/aromatic N) is 1. The summed E-state index contributed by atoms with van der Waals surface area (Å²) < 4.78 is 11.1. The molecule has 0 saturated heterocycles. The molecule has 1 aromatic carbocycles. The van der Waals surface area contributed by atoms with Gasteiger partial charge in [0.05, 0.1) is 16.9 Å². The molecule has 0 aliphatic carbocycles. The summed E-state index contributed by atoms with van der Waals surface area (Å²) in [6.45, 7) is 2.07. The van der Waals surface area contributed by atoms with Gasteiger partial charge < -0.3 is 11.1 Å². The van der Waals surface area contributed by atoms with Gasteiger partial charge in [-0.25, -0.2) is 0 Å². The lowest BCUT2D eigenvalue weighted by molar-refractivity contribution is 0.678. The Morgan fingerprint density at radius 1 is 1.42 bits per heavy atom. The Balaban J connectivity index is 2.16. The van der Waals surface area contributed by atoms with E-state index in [-0.39, 0.29) is 6.04 Å². The third-order valence-electron chi connectivity index (χ3n) is 3.07. The van der Waals surface area contributed by atoms with E-state index in [4.69, 9.17) is 5.73 Å². The summed E-state index contributed by atoms with van der Waals surface area (Å²) in [5.74, 6) is 0.698. The van der Waals surface area contributed by atoms with Gasteiger partial charge in [0.15, 0.2) is 0 Å². The van der Waals surface area contributed by atoms with Gasteiger partial charge in [-0.2, -0.15) is 0 Å². The SMILES string of the molecule is CC(CCS(C)=O)Nc1ccc2ncccc2c1N. The van der Waals surface area contributed by atoms with Crippen LogP contribution in [-0.4, -0.2) is 27.2 Å². The van der Waals surface area contributed by atoms with Crippen LogP contribution in [-0.2, 0) is 10.8 Å². The van der Waals surface area contributed by atoms with Crippen LogP contribution in [0.25, 0.3) is 10.9 Å². The first kappa shape index (κ1) is 13.8. The number of nitrogens with one attached hydrogen (secondary N) is 1. The van der Waals surface area contributed by atoms with Crippen LogP contribution in [0.4, 0.5) is 11.4 Å². The number of nitrogen functional groups attached to an aromatic ring is 1. The summed E-state index contributed by atoms with van der Waals surface area (Å²) in [4.78, 5) is 4.27. The molecule has 2 unspecified atom stereocenters. The summed E-state index contributed by atoms with van der Waals surface area (Å²) in [6.07, 6.45) is 4.34. The summed E-state index contributed by atoms with van der Waals surface area (Å²) in [5.41, 5.74) is 8.69. The Hall–Kier alpha value is -1.62. The van der Waals surface area contributed by atoms with Crippen molar-refractivity contribution in [3.63, 3.8) is 0 Å². The molecule has 0 aliphatic rings. The van der Waals surface area contributed by atoms with Gasteiger partial charge >= 0.3 is 0 Å². The third-order valence-corrected chi connectivity index (χ3v) is 3.88. The molecule has 0 saturated carbocycles. The minimum Gasteiger partial charge on any atom is -0.397 e. The lowest BCUT2D eigenvalue weighted by Crippen LogP contribution is -2.18. The summed E-state index contributed by atoms with van der Waals surface area (Å²) in [5, 5.41) is 4.33. The number of hydrogen-bond donors (Lipinski definition) is 2. The zero-order chi connectivity index (χ0) is 13.8. The number of anilines is 2. The van der Waals surface area contributed by atoms with Crippen molar-refractivity contribution in [1.29, 1.82) is 0 Å². The minimum atomic E-state index is -0.753. The number of hydrogen-bond acceptors (Lipinski definition) is 4. The minimum absolute atomic E-state index is 0.236. The van der Waals surface area contributed by atoms with Crippen molar-refractivity contribution in [2.24, 2.45) is 0 Å². The van der Waals surface area contributed by atoms with Crippen molar-refractivity contribution in [1.82, 2.24) is 4.98 Å². The molecule has 102 valence electrons. The van der Waals surface area contributed by atoms with Crippen molar-refractivity contribution < 1.29 is 4.21 Å². The maximum Gasteiger partial charge on any atom is 0.0724 e. The van der Waals surface area contributed by atoms with Crippen molar-refractivity contribution in [3.05, 3.63) is 30.5 Å². The highest BCUT2D eigenvalue weighted by Gasteiger charge is 2.08. The fraction of sp³-hybridized carbons (Fsp3) is 0.357. The predicted molar refractivity (Wildman–Crippen MR) is 82.8 cm³/mol. The van der Waals surface area contributed by atoms with Gasteiger partial charge in [-0.1, -0.05) is 0 Å². The molecule has 2 rings (SSSR count). The standard InChI is InChI=1S/C14H19N3OS/c1-10(7-9-19(2)18)17-13-6-5-12-11(14(13)15)4-3-8-16-12/h3-6,8,10,17H,7,9,15H2,1-2H3. The van der Waals surface area contributed by atoms with Gasteiger partial charge in [0.1, 0.15) is 0 Å². The molecule has 5 heteroatoms. The number of rotatable bonds is 5. The normalized spacial score (nSPS) is 14.2. The highest BCUT2D eigenvalue weighted by molar-refractivity contribution is 7.84. The van der Waals surface area contributed by atoms with Crippen molar-refractivity contribution >= 4 is 33.1 Å². The smallest absolute Gasteiger partial charge is 0.0724 e. The molecule has 4 nitrogen and oxygen atoms in total. The lowest BCUT2D eigenvalue weighted by Gasteiger charge is -2.17. The van der Waals surface area contributed by atoms with Gasteiger partial charge in [-0.05, 0) is 37.6 Å². The molecule has 19 heavy (non-hydrogen) atoms. The Bertz CT molecular complexity index is 600. The Kier molecular flexibility index (Phi) is 4.37. The van der Waals surface area contributed by atoms with E-state index in [0.29, 0.717) is 5.75 Å². The lowest BCUT2D eigenvalue weighted by atomic mass is 10.1. The van der Waals surface area contributed by atoms with E-state index in [1.54, 1.807) is 12.5 Å². The zero-order valence-electron chi connectivity index (χ0n) is 11.2. The van der Waals surface area contributed by atoms with Gasteiger partial charge in [-0.3, -0.25) is 9.19 Å². The molecule has 2 atom stereocenters. The number of aromatic nitrogens is 1. The van der Waals surface area contributed by atoms with E-state index in [1.165, 1.54) is 0 Å². The molecule has 0 amide bonds. The molecule has 0 fully saturated rings. The summed E-state index contributed by atoms with van der Waals surface area (Å²) >= 11 is 0. The number of pyridine rings is 1. The monoisotopic (exact) mass is 277 g/mol. The Morgan fingerprint density at radius 3 is 2.95 bits per heavy atom. The van der Waals surface area contributed by atoms with E-state index < -0.39 is 10.8 Å². The fourth-order valence-corrected chi connectivity index (χ4v) is 2.67. The maximum atomic E-state index is 11.1. The van der Waals surface area contributed by atoms with Crippen LogP contribution >= 0.6 is 0 Å². The molecular weight excluding hydrogens is 258 g/mol. The van der Waals surface area contributed by atoms with E-state index in [1.807, 2.05) is 24.3 Å². The van der Waals surface area contributed by atoms with Gasteiger partial charge in [0.25, 0.3) is 0 Å². The first-order valence-corrected chi connectivity index (χ1v) is 8.00. The van der Waals surface area contributed by atoms with E-state index in [9.17, 15) is 4.21 Å². The second-order valence-electron chi connectivity index (χ2n) is 4.71. The van der Waals surface area contributed by atoms with Crippen molar-refractivity contribution in [2.45, 2.75) is 19.4 Å². The van der Waals surface area contributed by atoms with Crippen LogP contribution < -0.4 is 11.1 Å². The topological polar surface area (TPSA) is 68.0 Å². The Morgan fingerprint density at radius 2 is 2.21 bits per heavy atom. The largest absolute Gasteiger partial charge is 0.397 e. The van der Waals surface area contributed by atoms with Crippen molar-refractivity contribution in [3.8, 4) is 0 Å². The van der Waals surface area contributed by atoms with Gasteiger partial charge in [-0.15, -0.1) is 0 Å². The fourth-order valence-electron chi connectivity index (χ4n) is 1.98. The molecule has 0 spiro atoms. The van der Waals surface area contributed by atoms with Crippen molar-refractivity contribution in [2.75, 3.05) is 23.1 Å². The van der Waals surface area contributed by atoms with Gasteiger partial charge in [0.2, 0.25) is 0 Å². The molecule has 0 bridgehead atoms. The third kappa shape index (κ3) is 3.44. The highest BCUT2D eigenvalue weighted by atomic mass is 32.2. The highest BCUT2D eigenvalue weighted by Crippen LogP contribution is 2.28. The molecule has 0 aliphatic heterocycles. The van der Waals surface area contributed by atoms with Crippen LogP contribution in [0.5, 0.6) is 0 Å². The predicted octanol–water partition coefficient (Wildman–Crippen LogP) is 2.39. The molecule has 3 N–H and O–H groups in total. The second-order valence-corrected chi connectivity index (χ2v) is 6.26. The number of benzene rings is 1. The van der Waals surface area contributed by atoms with Crippen LogP contribution in [0.2, 0.25) is 0 Å². The molecule has 1 aromatic heterocycles. The van der Waals surface area contributed by atoms with Crippen LogP contribution in [0.1, 0.15) is 13.3 Å². The Labute approximate surface area is 115 Å². The van der Waals surface area contributed by atoms with E-state index in [0.717, 1.165) is 28.7 Å². The average Bonchev–Trinajstić information content (AvgIpc) is 2.40. The number of fused-ring (bicyclic) bond motifs is 1. The summed E-state index contributed by atoms with van der Waals surface area (Å²) in [7, 11) is -0.753. The van der Waals surface area contributed by atoms with E-state index in [2.05, 4.69) is 17.2 Å². The van der Waals surface area contributed by atoms with Gasteiger partial charge in [0, 0.05) is 40.4 Å². The van der Waals surface area contributed by atoms with Crippen LogP contribution in [0.15, 0.2) is 30.5 Å². The maximum absolute atomic E-state index is 11.1. The number of nitrogens with two attached hydrogens (primary N) is 1. The average molecular weight is 277 g/mol. The molecule has 1 heterocycles. The quantitative estimate of drug-likeness (QED) is 0.823. The van der Waals surface area contributed by atoms with E-state index >= 15 is 0 Å². The first-order valence-electron chi connectivity index (χ1n) is 6.27. The zero-order valence-corrected chi connectivity index (χ0v) is 12.0. The first-order chi connectivity index (χ1) is 9.08. The molecule has 2 aromatic rings. The molecular formula is C14H19N3OS. The molecule has 0 radical (unpaired) electrons.